The average Bonchev–Trinajstić information content (AvgIpc) is 3.74. The zero-order chi connectivity index (χ0) is 29.3. The van der Waals surface area contributed by atoms with Crippen LogP contribution in [0.15, 0.2) is 54.6 Å². The van der Waals surface area contributed by atoms with Gasteiger partial charge in [0.15, 0.2) is 11.5 Å². The summed E-state index contributed by atoms with van der Waals surface area (Å²) in [6, 6.07) is 14.9. The van der Waals surface area contributed by atoms with Gasteiger partial charge in [-0.05, 0) is 74.7 Å². The summed E-state index contributed by atoms with van der Waals surface area (Å²) in [7, 11) is 1.39. The lowest BCUT2D eigenvalue weighted by molar-refractivity contribution is -0.265. The van der Waals surface area contributed by atoms with Crippen LogP contribution in [-0.4, -0.2) is 41.9 Å². The molecule has 40 heavy (non-hydrogen) atoms. The zero-order valence-corrected chi connectivity index (χ0v) is 22.2. The highest BCUT2D eigenvalue weighted by Crippen LogP contribution is 2.40. The lowest BCUT2D eigenvalue weighted by Gasteiger charge is -2.32. The fourth-order valence-corrected chi connectivity index (χ4v) is 3.90. The van der Waals surface area contributed by atoms with Crippen LogP contribution in [0.4, 0.5) is 13.2 Å². The van der Waals surface area contributed by atoms with Crippen molar-refractivity contribution in [2.75, 3.05) is 13.7 Å². The number of alkyl halides is 3. The number of halogens is 3. The number of nitrogens with two attached hydrogens (primary N) is 1. The summed E-state index contributed by atoms with van der Waals surface area (Å²) in [5.74, 6) is -0.173. The first-order valence-corrected chi connectivity index (χ1v) is 12.5. The Morgan fingerprint density at radius 1 is 1.12 bits per heavy atom. The lowest BCUT2D eigenvalue weighted by atomic mass is 9.89. The summed E-state index contributed by atoms with van der Waals surface area (Å²) in [6.45, 7) is 1.99. The second kappa shape index (κ2) is 10.8. The average molecular weight is 555 g/mol. The Bertz CT molecular complexity index is 1440. The molecule has 0 saturated heterocycles. The maximum absolute atomic E-state index is 14.5. The van der Waals surface area contributed by atoms with Gasteiger partial charge >= 0.3 is 6.18 Å². The van der Waals surface area contributed by atoms with Gasteiger partial charge in [-0.25, -0.2) is 4.98 Å². The molecule has 1 amide bonds. The minimum absolute atomic E-state index is 0.0209. The first-order valence-electron chi connectivity index (χ1n) is 12.5. The molecule has 1 unspecified atom stereocenters. The molecule has 4 N–H and O–H groups in total. The minimum Gasteiger partial charge on any atom is -0.493 e. The van der Waals surface area contributed by atoms with Crippen LogP contribution in [0.5, 0.6) is 11.5 Å². The van der Waals surface area contributed by atoms with E-state index in [4.69, 9.17) is 20.5 Å². The van der Waals surface area contributed by atoms with E-state index in [9.17, 15) is 23.1 Å². The van der Waals surface area contributed by atoms with E-state index in [0.717, 1.165) is 18.9 Å². The van der Waals surface area contributed by atoms with E-state index in [0.29, 0.717) is 16.9 Å². The van der Waals surface area contributed by atoms with E-state index in [1.807, 2.05) is 6.07 Å². The SMILES string of the molecule is COc1cc(C(=O)NCC(O)(c2cc(C(C)(C)N)cc(-c3ccc(C#N)cc3)n2)C(F)(F)F)ccc1OC1CC1. The monoisotopic (exact) mass is 554 g/mol. The largest absolute Gasteiger partial charge is 0.493 e. The molecule has 210 valence electrons. The van der Waals surface area contributed by atoms with Crippen LogP contribution in [0.3, 0.4) is 0 Å². The number of aliphatic hydroxyl groups is 1. The number of hydrogen-bond donors (Lipinski definition) is 3. The van der Waals surface area contributed by atoms with E-state index in [2.05, 4.69) is 10.3 Å². The highest BCUT2D eigenvalue weighted by Gasteiger charge is 2.56. The summed E-state index contributed by atoms with van der Waals surface area (Å²) in [6.07, 6.45) is -3.33. The van der Waals surface area contributed by atoms with Gasteiger partial charge in [0.05, 0.1) is 42.8 Å². The van der Waals surface area contributed by atoms with Crippen LogP contribution in [0.2, 0.25) is 0 Å². The molecular formula is C29H29F3N4O4. The molecule has 8 nitrogen and oxygen atoms in total. The molecule has 0 aliphatic heterocycles. The predicted molar refractivity (Wildman–Crippen MR) is 141 cm³/mol. The first kappa shape index (κ1) is 28.9. The van der Waals surface area contributed by atoms with Gasteiger partial charge in [0, 0.05) is 16.7 Å². The van der Waals surface area contributed by atoms with Gasteiger partial charge in [0.1, 0.15) is 0 Å². The van der Waals surface area contributed by atoms with Gasteiger partial charge in [-0.1, -0.05) is 12.1 Å². The van der Waals surface area contributed by atoms with Gasteiger partial charge in [0.25, 0.3) is 5.91 Å². The molecule has 3 aromatic rings. The number of rotatable bonds is 9. The Labute approximate surface area is 229 Å². The van der Waals surface area contributed by atoms with Crippen molar-refractivity contribution in [3.05, 3.63) is 77.0 Å². The Hall–Kier alpha value is -4.14. The Balaban J connectivity index is 1.68. The maximum atomic E-state index is 14.5. The third kappa shape index (κ3) is 6.19. The molecular weight excluding hydrogens is 525 g/mol. The van der Waals surface area contributed by atoms with Crippen LogP contribution in [0.1, 0.15) is 53.9 Å². The standard InChI is InChI=1S/C29H29F3N4O4/c1-27(2,34)20-13-22(18-6-4-17(15-33)5-7-18)36-25(14-20)28(38,29(30,31)32)16-35-26(37)19-8-11-23(24(12-19)39-3)40-21-9-10-21/h4-8,11-14,21,38H,9-10,16,34H2,1-3H3,(H,35,37). The van der Waals surface area contributed by atoms with E-state index in [1.165, 1.54) is 55.6 Å². The number of carbonyl (C=O) groups is 1. The number of methoxy groups -OCH3 is 1. The third-order valence-corrected chi connectivity index (χ3v) is 6.52. The van der Waals surface area contributed by atoms with Crippen LogP contribution < -0.4 is 20.5 Å². The molecule has 0 bridgehead atoms. The van der Waals surface area contributed by atoms with Crippen molar-refractivity contribution in [3.8, 4) is 28.8 Å². The number of nitrogens with zero attached hydrogens (tertiary/aromatic N) is 2. The lowest BCUT2D eigenvalue weighted by Crippen LogP contribution is -2.51. The summed E-state index contributed by atoms with van der Waals surface area (Å²) in [4.78, 5) is 17.0. The number of benzene rings is 2. The van der Waals surface area contributed by atoms with Crippen molar-refractivity contribution in [1.82, 2.24) is 10.3 Å². The van der Waals surface area contributed by atoms with Crippen molar-refractivity contribution in [2.45, 2.75) is 50.1 Å². The number of nitriles is 1. The fourth-order valence-electron chi connectivity index (χ4n) is 3.90. The van der Waals surface area contributed by atoms with E-state index >= 15 is 0 Å². The third-order valence-electron chi connectivity index (χ3n) is 6.52. The molecule has 2 aromatic carbocycles. The summed E-state index contributed by atoms with van der Waals surface area (Å²) in [5, 5.41) is 22.3. The number of carbonyl (C=O) groups excluding carboxylic acids is 1. The quantitative estimate of drug-likeness (QED) is 0.354. The van der Waals surface area contributed by atoms with Crippen LogP contribution in [0.25, 0.3) is 11.3 Å². The van der Waals surface area contributed by atoms with Crippen LogP contribution in [0, 0.1) is 11.3 Å². The number of aromatic nitrogens is 1. The molecule has 1 aliphatic rings. The summed E-state index contributed by atoms with van der Waals surface area (Å²) >= 11 is 0. The molecule has 1 aromatic heterocycles. The molecule has 4 rings (SSSR count). The smallest absolute Gasteiger partial charge is 0.424 e. The Morgan fingerprint density at radius 3 is 2.35 bits per heavy atom. The molecule has 1 saturated carbocycles. The van der Waals surface area contributed by atoms with Crippen molar-refractivity contribution in [2.24, 2.45) is 5.73 Å². The van der Waals surface area contributed by atoms with Crippen molar-refractivity contribution in [1.29, 1.82) is 5.26 Å². The van der Waals surface area contributed by atoms with Gasteiger partial charge in [0.2, 0.25) is 5.60 Å². The molecule has 0 radical (unpaired) electrons. The molecule has 1 aliphatic carbocycles. The van der Waals surface area contributed by atoms with Gasteiger partial charge in [-0.2, -0.15) is 18.4 Å². The molecule has 11 heteroatoms. The fraction of sp³-hybridized carbons (Fsp3) is 0.345. The van der Waals surface area contributed by atoms with E-state index in [1.54, 1.807) is 13.8 Å². The van der Waals surface area contributed by atoms with E-state index < -0.39 is 35.5 Å². The Kier molecular flexibility index (Phi) is 7.78. The number of hydrogen-bond acceptors (Lipinski definition) is 7. The number of pyridine rings is 1. The van der Waals surface area contributed by atoms with Gasteiger partial charge in [-0.15, -0.1) is 0 Å². The molecule has 1 heterocycles. The van der Waals surface area contributed by atoms with E-state index in [-0.39, 0.29) is 28.7 Å². The highest BCUT2D eigenvalue weighted by molar-refractivity contribution is 5.95. The number of amides is 1. The number of ether oxygens (including phenoxy) is 2. The van der Waals surface area contributed by atoms with Crippen LogP contribution >= 0.6 is 0 Å². The Morgan fingerprint density at radius 2 is 1.80 bits per heavy atom. The minimum atomic E-state index is -5.22. The molecule has 1 fully saturated rings. The van der Waals surface area contributed by atoms with Gasteiger partial charge in [-0.3, -0.25) is 4.79 Å². The summed E-state index contributed by atoms with van der Waals surface area (Å²) < 4.78 is 54.4. The topological polar surface area (TPSA) is 130 Å². The highest BCUT2D eigenvalue weighted by atomic mass is 19.4. The zero-order valence-electron chi connectivity index (χ0n) is 22.2. The summed E-state index contributed by atoms with van der Waals surface area (Å²) in [5.41, 5.74) is 2.03. The van der Waals surface area contributed by atoms with Crippen molar-refractivity contribution < 1.29 is 32.5 Å². The predicted octanol–water partition coefficient (Wildman–Crippen LogP) is 4.54. The first-order chi connectivity index (χ1) is 18.7. The van der Waals surface area contributed by atoms with Gasteiger partial charge < -0.3 is 25.6 Å². The second-order valence-electron chi connectivity index (χ2n) is 10.3. The molecule has 1 atom stereocenters. The van der Waals surface area contributed by atoms with Crippen molar-refractivity contribution in [3.63, 3.8) is 0 Å². The van der Waals surface area contributed by atoms with Crippen LogP contribution in [-0.2, 0) is 11.1 Å². The maximum Gasteiger partial charge on any atom is 0.424 e. The number of nitrogens with one attached hydrogen (secondary N) is 1. The normalized spacial score (nSPS) is 15.1. The second-order valence-corrected chi connectivity index (χ2v) is 10.3. The van der Waals surface area contributed by atoms with Crippen molar-refractivity contribution >= 4 is 5.91 Å². The molecule has 0 spiro atoms.